The van der Waals surface area contributed by atoms with Crippen molar-refractivity contribution in [1.29, 1.82) is 0 Å². The fraction of sp³-hybridized carbons (Fsp3) is 0.250. The van der Waals surface area contributed by atoms with Gasteiger partial charge in [0.1, 0.15) is 0 Å². The molecule has 2 aromatic rings. The van der Waals surface area contributed by atoms with Gasteiger partial charge in [0.05, 0.1) is 0 Å². The summed E-state index contributed by atoms with van der Waals surface area (Å²) in [6.45, 7) is 2.19. The zero-order chi connectivity index (χ0) is 12.5. The van der Waals surface area contributed by atoms with Gasteiger partial charge in [-0.05, 0) is 47.2 Å². The van der Waals surface area contributed by atoms with Crippen LogP contribution >= 0.6 is 15.9 Å². The maximum absolute atomic E-state index is 3.56. The Morgan fingerprint density at radius 1 is 1.00 bits per heavy atom. The van der Waals surface area contributed by atoms with Crippen LogP contribution in [0.2, 0.25) is 6.32 Å². The molecule has 1 radical (unpaired) electrons. The average molecular weight is 298 g/mol. The fourth-order valence-corrected chi connectivity index (χ4v) is 3.16. The first-order valence-electron chi connectivity index (χ1n) is 6.53. The van der Waals surface area contributed by atoms with Gasteiger partial charge >= 0.3 is 0 Å². The van der Waals surface area contributed by atoms with Crippen molar-refractivity contribution in [2.24, 2.45) is 0 Å². The molecule has 0 fully saturated rings. The van der Waals surface area contributed by atoms with E-state index in [1.807, 2.05) is 0 Å². The zero-order valence-electron chi connectivity index (χ0n) is 10.5. The molecule has 0 bridgehead atoms. The molecule has 0 saturated heterocycles. The standard InChI is InChI=1S/C16H15BBr/c1-2-17-13-5-7-15-11(9-13)3-4-12-10-14(18)6-8-16(12)15/h5-10H,2-4H2,1H3. The number of hydrogen-bond donors (Lipinski definition) is 0. The molecule has 3 rings (SSSR count). The van der Waals surface area contributed by atoms with Gasteiger partial charge in [0.15, 0.2) is 7.28 Å². The highest BCUT2D eigenvalue weighted by molar-refractivity contribution is 9.10. The van der Waals surface area contributed by atoms with Gasteiger partial charge < -0.3 is 0 Å². The van der Waals surface area contributed by atoms with E-state index in [1.54, 1.807) is 0 Å². The van der Waals surface area contributed by atoms with Crippen LogP contribution in [0, 0.1) is 0 Å². The third-order valence-corrected chi connectivity index (χ3v) is 4.08. The molecule has 18 heavy (non-hydrogen) atoms. The third kappa shape index (κ3) is 2.14. The molecule has 0 spiro atoms. The minimum absolute atomic E-state index is 1.10. The van der Waals surface area contributed by atoms with Crippen molar-refractivity contribution in [2.45, 2.75) is 26.1 Å². The van der Waals surface area contributed by atoms with Gasteiger partial charge in [0.25, 0.3) is 0 Å². The maximum Gasteiger partial charge on any atom is 0.151 e. The average Bonchev–Trinajstić information content (AvgIpc) is 2.38. The summed E-state index contributed by atoms with van der Waals surface area (Å²) < 4.78 is 1.18. The number of benzene rings is 2. The van der Waals surface area contributed by atoms with E-state index in [-0.39, 0.29) is 0 Å². The lowest BCUT2D eigenvalue weighted by atomic mass is 9.66. The van der Waals surface area contributed by atoms with Crippen molar-refractivity contribution in [1.82, 2.24) is 0 Å². The summed E-state index contributed by atoms with van der Waals surface area (Å²) in [7, 11) is 2.29. The first kappa shape index (κ1) is 12.0. The Kier molecular flexibility index (Phi) is 3.30. The summed E-state index contributed by atoms with van der Waals surface area (Å²) in [5, 5.41) is 0. The summed E-state index contributed by atoms with van der Waals surface area (Å²) in [6, 6.07) is 13.5. The number of hydrogen-bond acceptors (Lipinski definition) is 0. The van der Waals surface area contributed by atoms with Crippen molar-refractivity contribution >= 4 is 28.7 Å². The Hall–Kier alpha value is -1.02. The van der Waals surface area contributed by atoms with E-state index >= 15 is 0 Å². The van der Waals surface area contributed by atoms with Gasteiger partial charge in [-0.25, -0.2) is 0 Å². The third-order valence-electron chi connectivity index (χ3n) is 3.59. The molecule has 2 aromatic carbocycles. The summed E-state index contributed by atoms with van der Waals surface area (Å²) >= 11 is 3.56. The molecule has 0 aliphatic heterocycles. The Morgan fingerprint density at radius 2 is 1.67 bits per heavy atom. The minimum Gasteiger partial charge on any atom is -0.0875 e. The van der Waals surface area contributed by atoms with Crippen molar-refractivity contribution in [3.05, 3.63) is 52.0 Å². The second-order valence-corrected chi connectivity index (χ2v) is 5.75. The molecule has 0 N–H and O–H groups in total. The number of halogens is 1. The second-order valence-electron chi connectivity index (χ2n) is 4.83. The van der Waals surface area contributed by atoms with E-state index in [1.165, 1.54) is 32.2 Å². The largest absolute Gasteiger partial charge is 0.151 e. The molecule has 0 unspecified atom stereocenters. The highest BCUT2D eigenvalue weighted by Gasteiger charge is 2.16. The lowest BCUT2D eigenvalue weighted by molar-refractivity contribution is 0.942. The molecule has 0 atom stereocenters. The van der Waals surface area contributed by atoms with Crippen LogP contribution in [0.5, 0.6) is 0 Å². The van der Waals surface area contributed by atoms with Crippen LogP contribution in [0.25, 0.3) is 11.1 Å². The molecule has 0 heterocycles. The van der Waals surface area contributed by atoms with E-state index in [9.17, 15) is 0 Å². The zero-order valence-corrected chi connectivity index (χ0v) is 12.1. The van der Waals surface area contributed by atoms with E-state index in [2.05, 4.69) is 66.5 Å². The Balaban J connectivity index is 2.08. The van der Waals surface area contributed by atoms with Crippen LogP contribution in [-0.2, 0) is 12.8 Å². The minimum atomic E-state index is 1.10. The maximum atomic E-state index is 3.56. The highest BCUT2D eigenvalue weighted by Crippen LogP contribution is 2.34. The highest BCUT2D eigenvalue weighted by atomic mass is 79.9. The number of fused-ring (bicyclic) bond motifs is 3. The van der Waals surface area contributed by atoms with Crippen LogP contribution in [0.3, 0.4) is 0 Å². The van der Waals surface area contributed by atoms with Gasteiger partial charge in [-0.3, -0.25) is 0 Å². The van der Waals surface area contributed by atoms with Crippen LogP contribution in [-0.4, -0.2) is 7.28 Å². The molecular weight excluding hydrogens is 283 g/mol. The Bertz CT molecular complexity index is 590. The quantitative estimate of drug-likeness (QED) is 0.736. The molecular formula is C16H15BBr. The first-order valence-corrected chi connectivity index (χ1v) is 7.32. The predicted octanol–water partition coefficient (Wildman–Crippen LogP) is 3.98. The van der Waals surface area contributed by atoms with Gasteiger partial charge in [-0.1, -0.05) is 58.9 Å². The molecule has 0 nitrogen and oxygen atoms in total. The Labute approximate surface area is 118 Å². The summed E-state index contributed by atoms with van der Waals surface area (Å²) in [5.41, 5.74) is 7.13. The van der Waals surface area contributed by atoms with Crippen LogP contribution < -0.4 is 5.46 Å². The summed E-state index contributed by atoms with van der Waals surface area (Å²) in [4.78, 5) is 0. The van der Waals surface area contributed by atoms with E-state index < -0.39 is 0 Å². The van der Waals surface area contributed by atoms with Crippen LogP contribution in [0.1, 0.15) is 18.1 Å². The van der Waals surface area contributed by atoms with Gasteiger partial charge in [-0.15, -0.1) is 0 Å². The summed E-state index contributed by atoms with van der Waals surface area (Å²) in [6.07, 6.45) is 3.41. The van der Waals surface area contributed by atoms with Crippen molar-refractivity contribution < 1.29 is 0 Å². The lowest BCUT2D eigenvalue weighted by Crippen LogP contribution is -2.15. The number of aryl methyl sites for hydroxylation is 2. The number of rotatable bonds is 2. The first-order chi connectivity index (χ1) is 8.78. The summed E-state index contributed by atoms with van der Waals surface area (Å²) in [5.74, 6) is 0. The van der Waals surface area contributed by atoms with Crippen LogP contribution in [0.15, 0.2) is 40.9 Å². The predicted molar refractivity (Wildman–Crippen MR) is 82.9 cm³/mol. The molecule has 0 amide bonds. The fourth-order valence-electron chi connectivity index (χ4n) is 2.75. The second kappa shape index (κ2) is 4.93. The van der Waals surface area contributed by atoms with Gasteiger partial charge in [-0.2, -0.15) is 0 Å². The molecule has 89 valence electrons. The van der Waals surface area contributed by atoms with E-state index in [4.69, 9.17) is 0 Å². The normalized spacial score (nSPS) is 12.8. The molecule has 0 saturated carbocycles. The van der Waals surface area contributed by atoms with Crippen molar-refractivity contribution in [3.8, 4) is 11.1 Å². The van der Waals surface area contributed by atoms with E-state index in [0.29, 0.717) is 0 Å². The lowest BCUT2D eigenvalue weighted by Gasteiger charge is -2.21. The molecule has 0 aromatic heterocycles. The Morgan fingerprint density at radius 3 is 2.39 bits per heavy atom. The molecule has 1 aliphatic carbocycles. The van der Waals surface area contributed by atoms with Crippen LogP contribution in [0.4, 0.5) is 0 Å². The monoisotopic (exact) mass is 297 g/mol. The SMILES string of the molecule is CC[B]c1ccc2c(c1)CCc1cc(Br)ccc1-2. The van der Waals surface area contributed by atoms with Crippen molar-refractivity contribution in [2.75, 3.05) is 0 Å². The molecule has 1 aliphatic rings. The van der Waals surface area contributed by atoms with E-state index in [0.717, 1.165) is 19.2 Å². The van der Waals surface area contributed by atoms with Gasteiger partial charge in [0, 0.05) is 4.47 Å². The van der Waals surface area contributed by atoms with Gasteiger partial charge in [0.2, 0.25) is 0 Å². The topological polar surface area (TPSA) is 0 Å². The molecule has 2 heteroatoms. The van der Waals surface area contributed by atoms with Crippen molar-refractivity contribution in [3.63, 3.8) is 0 Å². The smallest absolute Gasteiger partial charge is 0.0875 e.